The van der Waals surface area contributed by atoms with Crippen molar-refractivity contribution in [3.63, 3.8) is 0 Å². The van der Waals surface area contributed by atoms with E-state index in [0.29, 0.717) is 0 Å². The number of nitrogens with one attached hydrogen (secondary N) is 3. The van der Waals surface area contributed by atoms with Crippen LogP contribution in [-0.2, 0) is 5.54 Å². The van der Waals surface area contributed by atoms with Crippen LogP contribution in [0.25, 0.3) is 0 Å². The molecule has 0 unspecified atom stereocenters. The van der Waals surface area contributed by atoms with Crippen molar-refractivity contribution in [1.82, 2.24) is 20.2 Å². The highest BCUT2D eigenvalue weighted by molar-refractivity contribution is 7.18. The van der Waals surface area contributed by atoms with Crippen LogP contribution in [0.5, 0.6) is 0 Å². The number of amides is 1. The molecule has 1 aliphatic carbocycles. The second-order valence-corrected chi connectivity index (χ2v) is 8.65. The molecule has 27 heavy (non-hydrogen) atoms. The quantitative estimate of drug-likeness (QED) is 0.707. The van der Waals surface area contributed by atoms with Crippen LogP contribution in [0, 0.1) is 0 Å². The van der Waals surface area contributed by atoms with Crippen LogP contribution < -0.4 is 16.0 Å². The minimum atomic E-state index is -0.147. The van der Waals surface area contributed by atoms with E-state index in [1.165, 1.54) is 30.6 Å². The summed E-state index contributed by atoms with van der Waals surface area (Å²) in [5, 5.41) is 10.9. The summed E-state index contributed by atoms with van der Waals surface area (Å²) in [5.74, 6) is 1.59. The first-order valence-electron chi connectivity index (χ1n) is 9.50. The first-order valence-corrected chi connectivity index (χ1v) is 10.3. The van der Waals surface area contributed by atoms with Gasteiger partial charge >= 0.3 is 0 Å². The number of aromatic nitrogens is 2. The molecule has 0 aromatic carbocycles. The van der Waals surface area contributed by atoms with Crippen molar-refractivity contribution in [3.05, 3.63) is 28.9 Å². The highest BCUT2D eigenvalue weighted by Crippen LogP contribution is 2.47. The van der Waals surface area contributed by atoms with E-state index >= 15 is 0 Å². The number of hydrogen-bond donors (Lipinski definition) is 3. The molecule has 3 heterocycles. The van der Waals surface area contributed by atoms with E-state index in [0.717, 1.165) is 53.0 Å². The van der Waals surface area contributed by atoms with E-state index < -0.39 is 0 Å². The predicted molar refractivity (Wildman–Crippen MR) is 109 cm³/mol. The maximum absolute atomic E-state index is 12.5. The zero-order valence-electron chi connectivity index (χ0n) is 15.8. The molecule has 1 aliphatic heterocycles. The lowest BCUT2D eigenvalue weighted by Gasteiger charge is -2.33. The fourth-order valence-corrected chi connectivity index (χ4v) is 4.98. The number of carbonyl (C=O) groups is 1. The van der Waals surface area contributed by atoms with Gasteiger partial charge in [0.2, 0.25) is 0 Å². The second-order valence-electron chi connectivity index (χ2n) is 7.59. The normalized spacial score (nSPS) is 17.8. The molecule has 3 N–H and O–H groups in total. The van der Waals surface area contributed by atoms with Crippen LogP contribution >= 0.6 is 11.3 Å². The molecule has 0 radical (unpaired) electrons. The Labute approximate surface area is 163 Å². The van der Waals surface area contributed by atoms with Crippen LogP contribution in [0.4, 0.5) is 16.6 Å². The summed E-state index contributed by atoms with van der Waals surface area (Å²) >= 11 is 1.51. The van der Waals surface area contributed by atoms with Gasteiger partial charge in [-0.3, -0.25) is 4.79 Å². The maximum atomic E-state index is 12.5. The molecule has 0 saturated heterocycles. The summed E-state index contributed by atoms with van der Waals surface area (Å²) in [6.45, 7) is 1.75. The fourth-order valence-electron chi connectivity index (χ4n) is 3.92. The molecule has 2 aliphatic rings. The standard InChI is InChI=1S/C19H26N6OS/c1-25(2)9-8-20-14-11-15(22-12-21-14)23-16-10-13-17(27-16)18(26)24-19(13)6-4-3-5-7-19/h10-12H,3-9H2,1-2H3,(H,24,26)(H2,20,21,22,23). The number of carbonyl (C=O) groups excluding carboxylic acids is 1. The fraction of sp³-hybridized carbons (Fsp3) is 0.526. The molecular weight excluding hydrogens is 360 g/mol. The topological polar surface area (TPSA) is 82.2 Å². The van der Waals surface area contributed by atoms with Gasteiger partial charge in [0.25, 0.3) is 5.91 Å². The number of hydrogen-bond acceptors (Lipinski definition) is 7. The summed E-state index contributed by atoms with van der Waals surface area (Å²) in [7, 11) is 4.08. The molecule has 144 valence electrons. The van der Waals surface area contributed by atoms with E-state index in [1.807, 2.05) is 20.2 Å². The van der Waals surface area contributed by atoms with E-state index in [2.05, 4.69) is 36.9 Å². The van der Waals surface area contributed by atoms with Crippen molar-refractivity contribution >= 4 is 33.9 Å². The van der Waals surface area contributed by atoms with Crippen molar-refractivity contribution in [2.24, 2.45) is 0 Å². The average molecular weight is 387 g/mol. The third kappa shape index (κ3) is 3.77. The lowest BCUT2D eigenvalue weighted by Crippen LogP contribution is -2.40. The molecule has 2 aromatic heterocycles. The van der Waals surface area contributed by atoms with Crippen LogP contribution in [-0.4, -0.2) is 48.0 Å². The first kappa shape index (κ1) is 18.2. The van der Waals surface area contributed by atoms with Gasteiger partial charge in [-0.05, 0) is 33.0 Å². The third-order valence-corrected chi connectivity index (χ3v) is 6.35. The Morgan fingerprint density at radius 3 is 2.74 bits per heavy atom. The zero-order valence-corrected chi connectivity index (χ0v) is 16.7. The Morgan fingerprint density at radius 2 is 1.96 bits per heavy atom. The summed E-state index contributed by atoms with van der Waals surface area (Å²) < 4.78 is 0. The van der Waals surface area contributed by atoms with Crippen molar-refractivity contribution < 1.29 is 4.79 Å². The van der Waals surface area contributed by atoms with Gasteiger partial charge in [-0.1, -0.05) is 19.3 Å². The van der Waals surface area contributed by atoms with Crippen molar-refractivity contribution in [3.8, 4) is 0 Å². The minimum absolute atomic E-state index is 0.0682. The molecule has 1 fully saturated rings. The van der Waals surface area contributed by atoms with Gasteiger partial charge in [0.15, 0.2) is 0 Å². The van der Waals surface area contributed by atoms with Crippen molar-refractivity contribution in [2.75, 3.05) is 37.8 Å². The lowest BCUT2D eigenvalue weighted by molar-refractivity contribution is 0.0912. The molecule has 0 bridgehead atoms. The molecule has 2 aromatic rings. The van der Waals surface area contributed by atoms with Gasteiger partial charge in [-0.15, -0.1) is 11.3 Å². The number of likely N-dealkylation sites (N-methyl/N-ethyl adjacent to an activating group) is 1. The summed E-state index contributed by atoms with van der Waals surface area (Å²) in [5.41, 5.74) is 1.02. The lowest BCUT2D eigenvalue weighted by atomic mass is 9.78. The molecular formula is C19H26N6OS. The highest BCUT2D eigenvalue weighted by atomic mass is 32.1. The van der Waals surface area contributed by atoms with Crippen LogP contribution in [0.15, 0.2) is 18.5 Å². The van der Waals surface area contributed by atoms with Gasteiger partial charge in [0.05, 0.1) is 15.4 Å². The van der Waals surface area contributed by atoms with Gasteiger partial charge < -0.3 is 20.9 Å². The van der Waals surface area contributed by atoms with Gasteiger partial charge in [-0.25, -0.2) is 9.97 Å². The van der Waals surface area contributed by atoms with Crippen molar-refractivity contribution in [1.29, 1.82) is 0 Å². The molecule has 1 spiro atoms. The number of anilines is 3. The summed E-state index contributed by atoms with van der Waals surface area (Å²) in [4.78, 5) is 24.0. The Morgan fingerprint density at radius 1 is 1.19 bits per heavy atom. The number of fused-ring (bicyclic) bond motifs is 2. The van der Waals surface area contributed by atoms with Crippen molar-refractivity contribution in [2.45, 2.75) is 37.6 Å². The minimum Gasteiger partial charge on any atom is -0.369 e. The van der Waals surface area contributed by atoms with Gasteiger partial charge in [0.1, 0.15) is 18.0 Å². The number of rotatable bonds is 6. The predicted octanol–water partition coefficient (Wildman–Crippen LogP) is 3.16. The van der Waals surface area contributed by atoms with Gasteiger partial charge in [0, 0.05) is 24.7 Å². The van der Waals surface area contributed by atoms with Crippen LogP contribution in [0.3, 0.4) is 0 Å². The third-order valence-electron chi connectivity index (χ3n) is 5.30. The molecule has 7 nitrogen and oxygen atoms in total. The van der Waals surface area contributed by atoms with E-state index in [-0.39, 0.29) is 11.4 Å². The largest absolute Gasteiger partial charge is 0.369 e. The number of nitrogens with zero attached hydrogens (tertiary/aromatic N) is 3. The van der Waals surface area contributed by atoms with E-state index in [1.54, 1.807) is 6.33 Å². The van der Waals surface area contributed by atoms with Crippen LogP contribution in [0.2, 0.25) is 0 Å². The Kier molecular flexibility index (Phi) is 5.01. The smallest absolute Gasteiger partial charge is 0.262 e. The molecule has 1 amide bonds. The summed E-state index contributed by atoms with van der Waals surface area (Å²) in [6, 6.07) is 4.03. The molecule has 4 rings (SSSR count). The maximum Gasteiger partial charge on any atom is 0.262 e. The van der Waals surface area contributed by atoms with E-state index in [4.69, 9.17) is 0 Å². The second kappa shape index (κ2) is 7.44. The Balaban J connectivity index is 1.49. The average Bonchev–Trinajstić information content (AvgIpc) is 3.16. The van der Waals surface area contributed by atoms with E-state index in [9.17, 15) is 4.79 Å². The number of thiophene rings is 1. The highest BCUT2D eigenvalue weighted by Gasteiger charge is 2.44. The summed E-state index contributed by atoms with van der Waals surface area (Å²) in [6.07, 6.45) is 7.23. The van der Waals surface area contributed by atoms with Gasteiger partial charge in [-0.2, -0.15) is 0 Å². The molecule has 1 saturated carbocycles. The van der Waals surface area contributed by atoms with Crippen LogP contribution in [0.1, 0.15) is 47.3 Å². The SMILES string of the molecule is CN(C)CCNc1cc(Nc2cc3c(s2)C(=O)NC32CCCCC2)ncn1. The monoisotopic (exact) mass is 386 g/mol. The molecule has 8 heteroatoms. The Hall–Kier alpha value is -2.19. The zero-order chi connectivity index (χ0) is 18.9. The Bertz CT molecular complexity index is 827. The first-order chi connectivity index (χ1) is 13.1. The molecule has 0 atom stereocenters.